The second-order valence-electron chi connectivity index (χ2n) is 12.0. The van der Waals surface area contributed by atoms with Gasteiger partial charge in [0.15, 0.2) is 12.4 Å². The Morgan fingerprint density at radius 1 is 0.628 bits per heavy atom. The quantitative estimate of drug-likeness (QED) is 0.0723. The summed E-state index contributed by atoms with van der Waals surface area (Å²) in [7, 11) is 0. The number of carbonyl (C=O) groups excluding carboxylic acids is 2. The van der Waals surface area contributed by atoms with Crippen molar-refractivity contribution in [1.82, 2.24) is 0 Å². The lowest BCUT2D eigenvalue weighted by atomic mass is 9.99. The number of unbranched alkanes of at least 4 members (excludes halogenated alkanes) is 16. The molecule has 0 saturated carbocycles. The molecule has 0 bridgehead atoms. The van der Waals surface area contributed by atoms with E-state index in [1.165, 1.54) is 64.2 Å². The average Bonchev–Trinajstić information content (AvgIpc) is 3.00. The van der Waals surface area contributed by atoms with Gasteiger partial charge in [-0.1, -0.05) is 117 Å². The van der Waals surface area contributed by atoms with E-state index in [4.69, 9.17) is 18.9 Å². The first-order chi connectivity index (χ1) is 20.8. The van der Waals surface area contributed by atoms with Gasteiger partial charge in [-0.25, -0.2) is 0 Å². The van der Waals surface area contributed by atoms with Crippen LogP contribution in [-0.4, -0.2) is 89.0 Å². The van der Waals surface area contributed by atoms with E-state index in [2.05, 4.69) is 13.8 Å². The van der Waals surface area contributed by atoms with Gasteiger partial charge in [0.2, 0.25) is 0 Å². The molecular weight excluding hydrogens is 556 g/mol. The smallest absolute Gasteiger partial charge is 0.306 e. The van der Waals surface area contributed by atoms with Crippen molar-refractivity contribution in [1.29, 1.82) is 0 Å². The number of aliphatic hydroxyl groups excluding tert-OH is 4. The van der Waals surface area contributed by atoms with Crippen molar-refractivity contribution in [3.63, 3.8) is 0 Å². The van der Waals surface area contributed by atoms with Crippen molar-refractivity contribution in [2.45, 2.75) is 179 Å². The van der Waals surface area contributed by atoms with Crippen LogP contribution in [0.2, 0.25) is 0 Å². The summed E-state index contributed by atoms with van der Waals surface area (Å²) in [5.41, 5.74) is 0. The van der Waals surface area contributed by atoms with Gasteiger partial charge in [-0.3, -0.25) is 9.59 Å². The van der Waals surface area contributed by atoms with Crippen LogP contribution in [0.15, 0.2) is 0 Å². The molecule has 1 aliphatic rings. The fourth-order valence-corrected chi connectivity index (χ4v) is 5.19. The lowest BCUT2D eigenvalue weighted by molar-refractivity contribution is -0.305. The maximum Gasteiger partial charge on any atom is 0.306 e. The maximum absolute atomic E-state index is 12.4. The third-order valence-electron chi connectivity index (χ3n) is 7.99. The Kier molecular flexibility index (Phi) is 24.0. The summed E-state index contributed by atoms with van der Waals surface area (Å²) < 4.78 is 21.8. The number of ether oxygens (including phenoxy) is 4. The molecule has 1 saturated heterocycles. The van der Waals surface area contributed by atoms with E-state index in [1.807, 2.05) is 0 Å². The predicted octanol–water partition coefficient (Wildman–Crippen LogP) is 5.10. The summed E-state index contributed by atoms with van der Waals surface area (Å²) in [5.74, 6) is -0.817. The van der Waals surface area contributed by atoms with Gasteiger partial charge in [0.1, 0.15) is 31.0 Å². The highest BCUT2D eigenvalue weighted by Gasteiger charge is 2.44. The van der Waals surface area contributed by atoms with Gasteiger partial charge in [-0.05, 0) is 12.8 Å². The molecular formula is C33H62O10. The molecule has 6 atom stereocenters. The standard InChI is InChI=1S/C33H62O10/c1-3-5-7-9-10-11-12-13-14-15-16-18-19-21-28(35)40-24-26(42-29(36)22-20-17-8-6-4-2)25-41-33-32(39)31(38)30(37)27(23-34)43-33/h26-27,30-34,37-39H,3-25H2,1-2H3/t26?,27-,30+,31+,32-,33-/m1/s1. The first kappa shape index (κ1) is 39.7. The Balaban J connectivity index is 2.37. The zero-order chi connectivity index (χ0) is 31.7. The Hall–Kier alpha value is -1.30. The number of hydrogen-bond acceptors (Lipinski definition) is 10. The molecule has 0 aromatic carbocycles. The molecule has 1 aliphatic heterocycles. The van der Waals surface area contributed by atoms with Crippen molar-refractivity contribution >= 4 is 11.9 Å². The van der Waals surface area contributed by atoms with Crippen LogP contribution in [0, 0.1) is 0 Å². The SMILES string of the molecule is CCCCCCCCCCCCCCCC(=O)OCC(CO[C@@H]1O[C@H](CO)[C@H](O)[C@H](O)[C@H]1O)OC(=O)CCCCCCC. The minimum atomic E-state index is -1.59. The molecule has 4 N–H and O–H groups in total. The Labute approximate surface area is 259 Å². The Morgan fingerprint density at radius 2 is 1.09 bits per heavy atom. The van der Waals surface area contributed by atoms with Crippen LogP contribution in [-0.2, 0) is 28.5 Å². The molecule has 1 unspecified atom stereocenters. The van der Waals surface area contributed by atoms with Crippen LogP contribution < -0.4 is 0 Å². The zero-order valence-corrected chi connectivity index (χ0v) is 27.0. The van der Waals surface area contributed by atoms with Crippen LogP contribution in [0.4, 0.5) is 0 Å². The first-order valence-corrected chi connectivity index (χ1v) is 17.1. The lowest BCUT2D eigenvalue weighted by Gasteiger charge is -2.39. The van der Waals surface area contributed by atoms with Crippen LogP contribution in [0.5, 0.6) is 0 Å². The summed E-state index contributed by atoms with van der Waals surface area (Å²) in [4.78, 5) is 24.8. The number of carbonyl (C=O) groups is 2. The fourth-order valence-electron chi connectivity index (χ4n) is 5.19. The van der Waals surface area contributed by atoms with E-state index in [-0.39, 0.29) is 32.0 Å². The third kappa shape index (κ3) is 19.0. The summed E-state index contributed by atoms with van der Waals surface area (Å²) in [6.07, 6.45) is 13.1. The van der Waals surface area contributed by atoms with Crippen molar-refractivity contribution in [3.05, 3.63) is 0 Å². The first-order valence-electron chi connectivity index (χ1n) is 17.1. The normalized spacial score (nSPS) is 22.8. The van der Waals surface area contributed by atoms with Crippen molar-refractivity contribution in [3.8, 4) is 0 Å². The minimum Gasteiger partial charge on any atom is -0.462 e. The van der Waals surface area contributed by atoms with Gasteiger partial charge in [-0.2, -0.15) is 0 Å². The molecule has 0 aromatic rings. The van der Waals surface area contributed by atoms with E-state index >= 15 is 0 Å². The average molecular weight is 619 g/mol. The molecule has 10 nitrogen and oxygen atoms in total. The maximum atomic E-state index is 12.4. The molecule has 0 radical (unpaired) electrons. The highest BCUT2D eigenvalue weighted by Crippen LogP contribution is 2.22. The van der Waals surface area contributed by atoms with Gasteiger partial charge >= 0.3 is 11.9 Å². The molecule has 0 spiro atoms. The molecule has 1 fully saturated rings. The van der Waals surface area contributed by atoms with Gasteiger partial charge < -0.3 is 39.4 Å². The summed E-state index contributed by atoms with van der Waals surface area (Å²) in [6, 6.07) is 0. The Bertz CT molecular complexity index is 689. The van der Waals surface area contributed by atoms with Crippen molar-refractivity contribution < 1.29 is 49.0 Å². The minimum absolute atomic E-state index is 0.212. The van der Waals surface area contributed by atoms with E-state index in [9.17, 15) is 30.0 Å². The summed E-state index contributed by atoms with van der Waals surface area (Å²) in [6.45, 7) is 3.30. The number of aliphatic hydroxyl groups is 4. The molecule has 0 aromatic heterocycles. The van der Waals surface area contributed by atoms with E-state index < -0.39 is 49.4 Å². The molecule has 10 heteroatoms. The second kappa shape index (κ2) is 26.0. The predicted molar refractivity (Wildman–Crippen MR) is 164 cm³/mol. The number of rotatable bonds is 27. The molecule has 0 aliphatic carbocycles. The molecule has 1 heterocycles. The molecule has 254 valence electrons. The van der Waals surface area contributed by atoms with E-state index in [1.54, 1.807) is 0 Å². The summed E-state index contributed by atoms with van der Waals surface area (Å²) >= 11 is 0. The number of esters is 2. The van der Waals surface area contributed by atoms with Gasteiger partial charge in [0, 0.05) is 12.8 Å². The van der Waals surface area contributed by atoms with Crippen molar-refractivity contribution in [2.75, 3.05) is 19.8 Å². The molecule has 0 amide bonds. The second-order valence-corrected chi connectivity index (χ2v) is 12.0. The topological polar surface area (TPSA) is 152 Å². The highest BCUT2D eigenvalue weighted by atomic mass is 16.7. The third-order valence-corrected chi connectivity index (χ3v) is 7.99. The molecule has 43 heavy (non-hydrogen) atoms. The molecule has 1 rings (SSSR count). The zero-order valence-electron chi connectivity index (χ0n) is 27.0. The monoisotopic (exact) mass is 618 g/mol. The highest BCUT2D eigenvalue weighted by molar-refractivity contribution is 5.70. The fraction of sp³-hybridized carbons (Fsp3) is 0.939. The lowest BCUT2D eigenvalue weighted by Crippen LogP contribution is -2.59. The van der Waals surface area contributed by atoms with Gasteiger partial charge in [0.05, 0.1) is 13.2 Å². The van der Waals surface area contributed by atoms with Crippen LogP contribution >= 0.6 is 0 Å². The number of hydrogen-bond donors (Lipinski definition) is 4. The van der Waals surface area contributed by atoms with Crippen LogP contribution in [0.25, 0.3) is 0 Å². The van der Waals surface area contributed by atoms with Crippen LogP contribution in [0.3, 0.4) is 0 Å². The van der Waals surface area contributed by atoms with Crippen LogP contribution in [0.1, 0.15) is 142 Å². The van der Waals surface area contributed by atoms with E-state index in [0.717, 1.165) is 44.9 Å². The summed E-state index contributed by atoms with van der Waals surface area (Å²) in [5, 5.41) is 39.6. The van der Waals surface area contributed by atoms with Gasteiger partial charge in [-0.15, -0.1) is 0 Å². The van der Waals surface area contributed by atoms with E-state index in [0.29, 0.717) is 6.42 Å². The largest absolute Gasteiger partial charge is 0.462 e. The Morgan fingerprint density at radius 3 is 1.58 bits per heavy atom. The van der Waals surface area contributed by atoms with Gasteiger partial charge in [0.25, 0.3) is 0 Å². The van der Waals surface area contributed by atoms with Crippen molar-refractivity contribution in [2.24, 2.45) is 0 Å².